The quantitative estimate of drug-likeness (QED) is 0.739. The minimum absolute atomic E-state index is 0.142. The fraction of sp³-hybridized carbons (Fsp3) is 0.286. The molecule has 0 radical (unpaired) electrons. The van der Waals surface area contributed by atoms with E-state index < -0.39 is 10.0 Å². The predicted molar refractivity (Wildman–Crippen MR) is 90.2 cm³/mol. The third-order valence-corrected chi connectivity index (χ3v) is 6.61. The highest BCUT2D eigenvalue weighted by molar-refractivity contribution is 9.10. The van der Waals surface area contributed by atoms with Crippen LogP contribution in [0.25, 0.3) is 0 Å². The molecule has 2 rings (SSSR count). The Hall–Kier alpha value is -1.09. The lowest BCUT2D eigenvalue weighted by Crippen LogP contribution is -2.26. The molecule has 0 bridgehead atoms. The minimum Gasteiger partial charge on any atom is -0.493 e. The van der Waals surface area contributed by atoms with E-state index >= 15 is 0 Å². The van der Waals surface area contributed by atoms with Crippen LogP contribution in [0.3, 0.4) is 0 Å². The lowest BCUT2D eigenvalue weighted by molar-refractivity contribution is 0.353. The Balaban J connectivity index is 2.40. The fourth-order valence-corrected chi connectivity index (χ4v) is 4.74. The summed E-state index contributed by atoms with van der Waals surface area (Å²) in [5.41, 5.74) is 0.952. The molecule has 120 valence electrons. The number of methoxy groups -OCH3 is 2. The van der Waals surface area contributed by atoms with Crippen LogP contribution < -0.4 is 9.47 Å². The molecule has 1 heterocycles. The predicted octanol–water partition coefficient (Wildman–Crippen LogP) is 3.35. The number of hydrogen-bond acceptors (Lipinski definition) is 5. The first kappa shape index (κ1) is 17.3. The Morgan fingerprint density at radius 3 is 2.41 bits per heavy atom. The Morgan fingerprint density at radius 1 is 1.23 bits per heavy atom. The average molecular weight is 406 g/mol. The van der Waals surface area contributed by atoms with Crippen LogP contribution in [0.1, 0.15) is 5.56 Å². The molecule has 0 spiro atoms. The van der Waals surface area contributed by atoms with E-state index in [1.54, 1.807) is 13.1 Å². The van der Waals surface area contributed by atoms with E-state index in [9.17, 15) is 8.42 Å². The molecule has 22 heavy (non-hydrogen) atoms. The summed E-state index contributed by atoms with van der Waals surface area (Å²) in [4.78, 5) is 0.142. The standard InChI is InChI=1S/C14H16BrNO4S2/c1-16(8-10-4-5-21-9-10)22(17,18)14-7-13(20-3)12(19-2)6-11(14)15/h4-7,9H,8H2,1-3H3. The summed E-state index contributed by atoms with van der Waals surface area (Å²) in [5.74, 6) is 0.835. The second-order valence-electron chi connectivity index (χ2n) is 4.53. The van der Waals surface area contributed by atoms with Crippen LogP contribution in [0.2, 0.25) is 0 Å². The summed E-state index contributed by atoms with van der Waals surface area (Å²) in [6.45, 7) is 0.312. The van der Waals surface area contributed by atoms with Gasteiger partial charge in [0.25, 0.3) is 0 Å². The number of hydrogen-bond donors (Lipinski definition) is 0. The van der Waals surface area contributed by atoms with Crippen LogP contribution in [0.15, 0.2) is 38.3 Å². The molecule has 0 atom stereocenters. The minimum atomic E-state index is -3.65. The lowest BCUT2D eigenvalue weighted by atomic mass is 10.3. The number of ether oxygens (including phenoxy) is 2. The molecule has 0 amide bonds. The zero-order chi connectivity index (χ0) is 16.3. The molecule has 0 aliphatic carbocycles. The summed E-state index contributed by atoms with van der Waals surface area (Å²) < 4.78 is 37.6. The Kier molecular flexibility index (Phi) is 5.49. The molecule has 8 heteroatoms. The van der Waals surface area contributed by atoms with E-state index in [0.717, 1.165) is 5.56 Å². The molecule has 0 aliphatic heterocycles. The molecule has 0 fully saturated rings. The largest absolute Gasteiger partial charge is 0.493 e. The van der Waals surface area contributed by atoms with E-state index in [2.05, 4.69) is 15.9 Å². The van der Waals surface area contributed by atoms with Gasteiger partial charge in [-0.2, -0.15) is 15.6 Å². The Bertz CT molecular complexity index is 744. The van der Waals surface area contributed by atoms with Gasteiger partial charge in [0.15, 0.2) is 11.5 Å². The van der Waals surface area contributed by atoms with Crippen molar-refractivity contribution in [3.8, 4) is 11.5 Å². The molecule has 1 aromatic carbocycles. The van der Waals surface area contributed by atoms with Crippen molar-refractivity contribution in [2.45, 2.75) is 11.4 Å². The Morgan fingerprint density at radius 2 is 1.86 bits per heavy atom. The smallest absolute Gasteiger partial charge is 0.244 e. The van der Waals surface area contributed by atoms with E-state index in [0.29, 0.717) is 22.5 Å². The maximum atomic E-state index is 12.7. The van der Waals surface area contributed by atoms with Crippen molar-refractivity contribution >= 4 is 37.3 Å². The molecule has 0 saturated heterocycles. The summed E-state index contributed by atoms with van der Waals surface area (Å²) in [6.07, 6.45) is 0. The second kappa shape index (κ2) is 6.99. The van der Waals surface area contributed by atoms with Crippen LogP contribution in [0, 0.1) is 0 Å². The van der Waals surface area contributed by atoms with Crippen molar-refractivity contribution in [2.75, 3.05) is 21.3 Å². The van der Waals surface area contributed by atoms with Gasteiger partial charge in [0.1, 0.15) is 4.90 Å². The van der Waals surface area contributed by atoms with Crippen molar-refractivity contribution < 1.29 is 17.9 Å². The zero-order valence-corrected chi connectivity index (χ0v) is 15.6. The van der Waals surface area contributed by atoms with Crippen molar-refractivity contribution in [1.29, 1.82) is 0 Å². The van der Waals surface area contributed by atoms with Gasteiger partial charge in [0.2, 0.25) is 10.0 Å². The molecule has 1 aromatic heterocycles. The SMILES string of the molecule is COc1cc(Br)c(S(=O)(=O)N(C)Cc2ccsc2)cc1OC. The molecule has 0 unspecified atom stereocenters. The van der Waals surface area contributed by atoms with Crippen molar-refractivity contribution in [3.63, 3.8) is 0 Å². The number of rotatable bonds is 6. The zero-order valence-electron chi connectivity index (χ0n) is 12.4. The number of benzene rings is 1. The topological polar surface area (TPSA) is 55.8 Å². The maximum Gasteiger partial charge on any atom is 0.244 e. The molecular formula is C14H16BrNO4S2. The van der Waals surface area contributed by atoms with Crippen molar-refractivity contribution in [3.05, 3.63) is 39.0 Å². The van der Waals surface area contributed by atoms with E-state index in [1.807, 2.05) is 16.8 Å². The summed E-state index contributed by atoms with van der Waals surface area (Å²) in [7, 11) is 0.875. The Labute approximate surface area is 142 Å². The highest BCUT2D eigenvalue weighted by Crippen LogP contribution is 2.36. The second-order valence-corrected chi connectivity index (χ2v) is 8.18. The molecule has 0 aliphatic rings. The van der Waals surface area contributed by atoms with E-state index in [4.69, 9.17) is 9.47 Å². The number of nitrogens with zero attached hydrogens (tertiary/aromatic N) is 1. The molecule has 2 aromatic rings. The van der Waals surface area contributed by atoms with Gasteiger partial charge >= 0.3 is 0 Å². The maximum absolute atomic E-state index is 12.7. The van der Waals surface area contributed by atoms with Gasteiger partial charge in [0.05, 0.1) is 14.2 Å². The van der Waals surface area contributed by atoms with Crippen LogP contribution in [-0.4, -0.2) is 34.0 Å². The normalized spacial score (nSPS) is 11.7. The first-order valence-electron chi connectivity index (χ1n) is 6.29. The van der Waals surface area contributed by atoms with Crippen LogP contribution in [0.4, 0.5) is 0 Å². The van der Waals surface area contributed by atoms with Gasteiger partial charge in [-0.25, -0.2) is 8.42 Å². The van der Waals surface area contributed by atoms with Gasteiger partial charge in [-0.15, -0.1) is 0 Å². The van der Waals surface area contributed by atoms with Crippen molar-refractivity contribution in [2.24, 2.45) is 0 Å². The first-order chi connectivity index (χ1) is 10.4. The third-order valence-electron chi connectivity index (χ3n) is 3.11. The van der Waals surface area contributed by atoms with E-state index in [1.165, 1.54) is 35.9 Å². The highest BCUT2D eigenvalue weighted by Gasteiger charge is 2.26. The lowest BCUT2D eigenvalue weighted by Gasteiger charge is -2.19. The molecule has 0 N–H and O–H groups in total. The molecular weight excluding hydrogens is 390 g/mol. The molecule has 5 nitrogen and oxygen atoms in total. The third kappa shape index (κ3) is 3.45. The van der Waals surface area contributed by atoms with Crippen LogP contribution in [-0.2, 0) is 16.6 Å². The van der Waals surface area contributed by atoms with Crippen LogP contribution in [0.5, 0.6) is 11.5 Å². The van der Waals surface area contributed by atoms with Gasteiger partial charge in [-0.3, -0.25) is 0 Å². The highest BCUT2D eigenvalue weighted by atomic mass is 79.9. The molecule has 0 saturated carbocycles. The summed E-state index contributed by atoms with van der Waals surface area (Å²) >= 11 is 4.83. The van der Waals surface area contributed by atoms with Gasteiger partial charge in [-0.1, -0.05) is 0 Å². The van der Waals surface area contributed by atoms with Gasteiger partial charge in [0, 0.05) is 24.1 Å². The number of thiophene rings is 1. The average Bonchev–Trinajstić information content (AvgIpc) is 2.99. The fourth-order valence-electron chi connectivity index (χ4n) is 1.93. The summed E-state index contributed by atoms with van der Waals surface area (Å²) in [6, 6.07) is 4.95. The summed E-state index contributed by atoms with van der Waals surface area (Å²) in [5, 5.41) is 3.85. The van der Waals surface area contributed by atoms with Gasteiger partial charge < -0.3 is 9.47 Å². The van der Waals surface area contributed by atoms with Gasteiger partial charge in [-0.05, 0) is 44.4 Å². The van der Waals surface area contributed by atoms with Crippen LogP contribution >= 0.6 is 27.3 Å². The number of sulfonamides is 1. The monoisotopic (exact) mass is 405 g/mol. The van der Waals surface area contributed by atoms with E-state index in [-0.39, 0.29) is 4.90 Å². The number of halogens is 1. The van der Waals surface area contributed by atoms with Crippen molar-refractivity contribution in [1.82, 2.24) is 4.31 Å². The first-order valence-corrected chi connectivity index (χ1v) is 9.46.